The fourth-order valence-corrected chi connectivity index (χ4v) is 1.67. The summed E-state index contributed by atoms with van der Waals surface area (Å²) in [6.07, 6.45) is -0.786. The van der Waals surface area contributed by atoms with Crippen molar-refractivity contribution in [3.8, 4) is 0 Å². The molecule has 1 unspecified atom stereocenters. The third kappa shape index (κ3) is 1.58. The van der Waals surface area contributed by atoms with Gasteiger partial charge in [0.2, 0.25) is 5.76 Å². The molecule has 0 bridgehead atoms. The molecule has 0 saturated heterocycles. The average molecular weight is 218 g/mol. The first-order valence-electron chi connectivity index (χ1n) is 4.81. The standard InChI is InChI=1S/C12H10O4/c1-7(13)9-10(14)12(15)16-11(9)8-5-3-2-4-6-8/h2-6,11,14H,1H3. The first-order valence-corrected chi connectivity index (χ1v) is 4.81. The van der Waals surface area contributed by atoms with Crippen molar-refractivity contribution in [2.75, 3.05) is 0 Å². The van der Waals surface area contributed by atoms with Crippen LogP contribution in [-0.2, 0) is 14.3 Å². The molecule has 82 valence electrons. The molecule has 1 heterocycles. The van der Waals surface area contributed by atoms with Gasteiger partial charge in [0.25, 0.3) is 0 Å². The molecular formula is C12H10O4. The van der Waals surface area contributed by atoms with E-state index in [2.05, 4.69) is 0 Å². The monoisotopic (exact) mass is 218 g/mol. The molecule has 0 saturated carbocycles. The van der Waals surface area contributed by atoms with Gasteiger partial charge in [-0.1, -0.05) is 30.3 Å². The Bertz CT molecular complexity index is 473. The fraction of sp³-hybridized carbons (Fsp3) is 0.167. The van der Waals surface area contributed by atoms with Gasteiger partial charge in [-0.2, -0.15) is 0 Å². The molecule has 1 N–H and O–H groups in total. The van der Waals surface area contributed by atoms with Crippen LogP contribution in [0.5, 0.6) is 0 Å². The second-order valence-corrected chi connectivity index (χ2v) is 3.51. The van der Waals surface area contributed by atoms with Crippen LogP contribution in [0.4, 0.5) is 0 Å². The van der Waals surface area contributed by atoms with Crippen molar-refractivity contribution >= 4 is 11.8 Å². The summed E-state index contributed by atoms with van der Waals surface area (Å²) >= 11 is 0. The third-order valence-electron chi connectivity index (χ3n) is 2.42. The Morgan fingerprint density at radius 1 is 1.31 bits per heavy atom. The van der Waals surface area contributed by atoms with Crippen LogP contribution in [0.3, 0.4) is 0 Å². The average Bonchev–Trinajstić information content (AvgIpc) is 2.57. The van der Waals surface area contributed by atoms with E-state index in [1.54, 1.807) is 24.3 Å². The highest BCUT2D eigenvalue weighted by molar-refractivity contribution is 6.05. The normalized spacial score (nSPS) is 19.8. The van der Waals surface area contributed by atoms with Crippen LogP contribution in [-0.4, -0.2) is 16.9 Å². The topological polar surface area (TPSA) is 63.6 Å². The molecule has 16 heavy (non-hydrogen) atoms. The number of Topliss-reactive ketones (excluding diaryl/α,β-unsaturated/α-hetero) is 1. The van der Waals surface area contributed by atoms with Crippen molar-refractivity contribution in [2.45, 2.75) is 13.0 Å². The van der Waals surface area contributed by atoms with Crippen molar-refractivity contribution in [1.82, 2.24) is 0 Å². The van der Waals surface area contributed by atoms with Gasteiger partial charge in [-0.3, -0.25) is 4.79 Å². The van der Waals surface area contributed by atoms with Gasteiger partial charge >= 0.3 is 5.97 Å². The maximum atomic E-state index is 11.3. The predicted octanol–water partition coefficient (Wildman–Crippen LogP) is 1.69. The summed E-state index contributed by atoms with van der Waals surface area (Å²) in [5.41, 5.74) is 0.696. The number of hydrogen-bond acceptors (Lipinski definition) is 4. The Balaban J connectivity index is 2.45. The van der Waals surface area contributed by atoms with Crippen molar-refractivity contribution in [3.05, 3.63) is 47.2 Å². The third-order valence-corrected chi connectivity index (χ3v) is 2.42. The summed E-state index contributed by atoms with van der Waals surface area (Å²) in [4.78, 5) is 22.5. The predicted molar refractivity (Wildman–Crippen MR) is 55.6 cm³/mol. The highest BCUT2D eigenvalue weighted by atomic mass is 16.6. The molecule has 1 atom stereocenters. The van der Waals surface area contributed by atoms with E-state index >= 15 is 0 Å². The maximum Gasteiger partial charge on any atom is 0.374 e. The van der Waals surface area contributed by atoms with Crippen LogP contribution in [0.1, 0.15) is 18.6 Å². The van der Waals surface area contributed by atoms with Crippen molar-refractivity contribution in [1.29, 1.82) is 0 Å². The molecule has 0 radical (unpaired) electrons. The quantitative estimate of drug-likeness (QED) is 0.767. The van der Waals surface area contributed by atoms with Crippen LogP contribution in [0, 0.1) is 0 Å². The Labute approximate surface area is 92.2 Å². The molecule has 4 heteroatoms. The van der Waals surface area contributed by atoms with E-state index in [0.717, 1.165) is 0 Å². The van der Waals surface area contributed by atoms with E-state index in [1.165, 1.54) is 6.92 Å². The van der Waals surface area contributed by atoms with Crippen LogP contribution in [0.25, 0.3) is 0 Å². The fourth-order valence-electron chi connectivity index (χ4n) is 1.67. The van der Waals surface area contributed by atoms with E-state index in [-0.39, 0.29) is 11.4 Å². The van der Waals surface area contributed by atoms with Gasteiger partial charge in [0.15, 0.2) is 11.9 Å². The van der Waals surface area contributed by atoms with Gasteiger partial charge in [-0.25, -0.2) is 4.79 Å². The van der Waals surface area contributed by atoms with E-state index in [4.69, 9.17) is 4.74 Å². The number of benzene rings is 1. The van der Waals surface area contributed by atoms with Crippen LogP contribution < -0.4 is 0 Å². The number of carbonyl (C=O) groups is 2. The zero-order chi connectivity index (χ0) is 11.7. The highest BCUT2D eigenvalue weighted by Gasteiger charge is 2.37. The molecule has 0 spiro atoms. The zero-order valence-electron chi connectivity index (χ0n) is 8.64. The first kappa shape index (κ1) is 10.4. The van der Waals surface area contributed by atoms with Gasteiger partial charge in [-0.05, 0) is 12.5 Å². The zero-order valence-corrected chi connectivity index (χ0v) is 8.64. The highest BCUT2D eigenvalue weighted by Crippen LogP contribution is 2.34. The Hall–Kier alpha value is -2.10. The lowest BCUT2D eigenvalue weighted by atomic mass is 9.99. The van der Waals surface area contributed by atoms with Crippen LogP contribution in [0.15, 0.2) is 41.7 Å². The number of ketones is 1. The number of esters is 1. The SMILES string of the molecule is CC(=O)C1=C(O)C(=O)OC1c1ccccc1. The number of carbonyl (C=O) groups excluding carboxylic acids is 2. The summed E-state index contributed by atoms with van der Waals surface area (Å²) in [5, 5.41) is 9.44. The van der Waals surface area contributed by atoms with Gasteiger partial charge < -0.3 is 9.84 Å². The first-order chi connectivity index (χ1) is 7.61. The molecule has 0 fully saturated rings. The summed E-state index contributed by atoms with van der Waals surface area (Å²) in [5.74, 6) is -1.79. The Morgan fingerprint density at radius 2 is 1.94 bits per heavy atom. The van der Waals surface area contributed by atoms with Crippen molar-refractivity contribution in [2.24, 2.45) is 0 Å². The number of hydrogen-bond donors (Lipinski definition) is 1. The smallest absolute Gasteiger partial charge is 0.374 e. The number of ether oxygens (including phenoxy) is 1. The minimum Gasteiger partial charge on any atom is -0.501 e. The lowest BCUT2D eigenvalue weighted by molar-refractivity contribution is -0.142. The molecule has 0 amide bonds. The lowest BCUT2D eigenvalue weighted by Crippen LogP contribution is -2.07. The van der Waals surface area contributed by atoms with Gasteiger partial charge in [0, 0.05) is 0 Å². The molecule has 0 aromatic heterocycles. The van der Waals surface area contributed by atoms with E-state index < -0.39 is 17.8 Å². The molecule has 1 aromatic rings. The molecule has 0 aliphatic carbocycles. The minimum absolute atomic E-state index is 0.0243. The van der Waals surface area contributed by atoms with Crippen molar-refractivity contribution in [3.63, 3.8) is 0 Å². The maximum absolute atomic E-state index is 11.3. The largest absolute Gasteiger partial charge is 0.501 e. The summed E-state index contributed by atoms with van der Waals surface area (Å²) in [6, 6.07) is 8.84. The van der Waals surface area contributed by atoms with E-state index in [9.17, 15) is 14.7 Å². The molecule has 1 aliphatic heterocycles. The molecule has 1 aliphatic rings. The van der Waals surface area contributed by atoms with E-state index in [1.807, 2.05) is 6.07 Å². The van der Waals surface area contributed by atoms with E-state index in [0.29, 0.717) is 5.56 Å². The van der Waals surface area contributed by atoms with Gasteiger partial charge in [-0.15, -0.1) is 0 Å². The van der Waals surface area contributed by atoms with Gasteiger partial charge in [0.1, 0.15) is 0 Å². The lowest BCUT2D eigenvalue weighted by Gasteiger charge is -2.11. The van der Waals surface area contributed by atoms with Crippen molar-refractivity contribution < 1.29 is 19.4 Å². The summed E-state index contributed by atoms with van der Waals surface area (Å²) in [6.45, 7) is 1.30. The number of aliphatic hydroxyl groups excluding tert-OH is 1. The molecule has 2 rings (SSSR count). The number of aliphatic hydroxyl groups is 1. The Morgan fingerprint density at radius 3 is 2.50 bits per heavy atom. The van der Waals surface area contributed by atoms with Crippen LogP contribution in [0.2, 0.25) is 0 Å². The Kier molecular flexibility index (Phi) is 2.48. The minimum atomic E-state index is -0.848. The summed E-state index contributed by atoms with van der Waals surface area (Å²) in [7, 11) is 0. The number of rotatable bonds is 2. The second kappa shape index (κ2) is 3.81. The van der Waals surface area contributed by atoms with Gasteiger partial charge in [0.05, 0.1) is 5.57 Å². The number of cyclic esters (lactones) is 1. The van der Waals surface area contributed by atoms with Crippen LogP contribution >= 0.6 is 0 Å². The second-order valence-electron chi connectivity index (χ2n) is 3.51. The molecule has 4 nitrogen and oxygen atoms in total. The molecular weight excluding hydrogens is 208 g/mol. The molecule has 1 aromatic carbocycles. The summed E-state index contributed by atoms with van der Waals surface area (Å²) < 4.78 is 4.95.